The fourth-order valence-electron chi connectivity index (χ4n) is 2.35. The molecule has 0 bridgehead atoms. The van der Waals surface area contributed by atoms with Crippen LogP contribution in [0.25, 0.3) is 11.2 Å². The van der Waals surface area contributed by atoms with E-state index in [-0.39, 0.29) is 0 Å². The molecule has 0 aliphatic heterocycles. The Labute approximate surface area is 94.5 Å². The lowest BCUT2D eigenvalue weighted by molar-refractivity contribution is 0.461. The Hall–Kier alpha value is -1.58. The van der Waals surface area contributed by atoms with Crippen molar-refractivity contribution < 1.29 is 0 Å². The van der Waals surface area contributed by atoms with E-state index >= 15 is 0 Å². The number of anilines is 1. The maximum absolute atomic E-state index is 4.43. The first-order valence-electron chi connectivity index (χ1n) is 5.99. The molecule has 1 saturated carbocycles. The molecule has 1 fully saturated rings. The normalized spacial score (nSPS) is 17.8. The van der Waals surface area contributed by atoms with Crippen LogP contribution in [0.5, 0.6) is 0 Å². The van der Waals surface area contributed by atoms with Gasteiger partial charge >= 0.3 is 0 Å². The predicted octanol–water partition coefficient (Wildman–Crippen LogP) is 2.70. The summed E-state index contributed by atoms with van der Waals surface area (Å²) in [5.74, 6) is 0.862. The van der Waals surface area contributed by atoms with Gasteiger partial charge in [-0.1, -0.05) is 19.3 Å². The third-order valence-corrected chi connectivity index (χ3v) is 3.20. The van der Waals surface area contributed by atoms with Gasteiger partial charge in [-0.3, -0.25) is 0 Å². The molecular formula is C12H16N4. The number of rotatable bonds is 2. The summed E-state index contributed by atoms with van der Waals surface area (Å²) in [5.41, 5.74) is 1.79. The lowest BCUT2D eigenvalue weighted by Gasteiger charge is -2.22. The van der Waals surface area contributed by atoms with Gasteiger partial charge < -0.3 is 10.3 Å². The van der Waals surface area contributed by atoms with E-state index in [0.717, 1.165) is 17.1 Å². The van der Waals surface area contributed by atoms with Gasteiger partial charge in [-0.15, -0.1) is 0 Å². The highest BCUT2D eigenvalue weighted by molar-refractivity contribution is 5.72. The predicted molar refractivity (Wildman–Crippen MR) is 64.4 cm³/mol. The second-order valence-electron chi connectivity index (χ2n) is 4.44. The molecule has 3 rings (SSSR count). The molecule has 1 aliphatic carbocycles. The quantitative estimate of drug-likeness (QED) is 0.811. The maximum Gasteiger partial charge on any atom is 0.202 e. The molecule has 0 spiro atoms. The number of aromatic nitrogens is 3. The minimum Gasteiger partial charge on any atom is -0.353 e. The lowest BCUT2D eigenvalue weighted by atomic mass is 9.96. The third kappa shape index (κ3) is 1.87. The molecule has 0 radical (unpaired) electrons. The summed E-state index contributed by atoms with van der Waals surface area (Å²) in [5, 5.41) is 3.46. The van der Waals surface area contributed by atoms with Crippen molar-refractivity contribution in [3.63, 3.8) is 0 Å². The first kappa shape index (κ1) is 9.63. The first-order valence-corrected chi connectivity index (χ1v) is 5.99. The summed E-state index contributed by atoms with van der Waals surface area (Å²) in [6.07, 6.45) is 8.31. The van der Waals surface area contributed by atoms with E-state index in [1.165, 1.54) is 32.1 Å². The molecule has 0 unspecified atom stereocenters. The van der Waals surface area contributed by atoms with Crippen LogP contribution in [0.15, 0.2) is 18.3 Å². The highest BCUT2D eigenvalue weighted by atomic mass is 15.1. The number of aromatic amines is 1. The monoisotopic (exact) mass is 216 g/mol. The average Bonchev–Trinajstić information content (AvgIpc) is 2.72. The van der Waals surface area contributed by atoms with E-state index in [1.807, 2.05) is 12.1 Å². The van der Waals surface area contributed by atoms with E-state index in [1.54, 1.807) is 6.20 Å². The van der Waals surface area contributed by atoms with Crippen LogP contribution in [0.1, 0.15) is 32.1 Å². The molecule has 84 valence electrons. The van der Waals surface area contributed by atoms with Gasteiger partial charge in [0.05, 0.1) is 5.52 Å². The van der Waals surface area contributed by atoms with Gasteiger partial charge in [-0.05, 0) is 25.0 Å². The Balaban J connectivity index is 1.78. The zero-order valence-electron chi connectivity index (χ0n) is 9.24. The van der Waals surface area contributed by atoms with E-state index in [0.29, 0.717) is 6.04 Å². The fraction of sp³-hybridized carbons (Fsp3) is 0.500. The van der Waals surface area contributed by atoms with Crippen LogP contribution < -0.4 is 5.32 Å². The molecule has 0 amide bonds. The van der Waals surface area contributed by atoms with Gasteiger partial charge in [0.25, 0.3) is 0 Å². The van der Waals surface area contributed by atoms with Crippen molar-refractivity contribution in [3.8, 4) is 0 Å². The number of pyridine rings is 1. The topological polar surface area (TPSA) is 53.6 Å². The maximum atomic E-state index is 4.43. The smallest absolute Gasteiger partial charge is 0.202 e. The third-order valence-electron chi connectivity index (χ3n) is 3.20. The van der Waals surface area contributed by atoms with Crippen LogP contribution in [0, 0.1) is 0 Å². The molecule has 0 atom stereocenters. The van der Waals surface area contributed by atoms with Gasteiger partial charge in [0.2, 0.25) is 5.95 Å². The second-order valence-corrected chi connectivity index (χ2v) is 4.44. The minimum atomic E-state index is 0.578. The molecule has 2 aromatic rings. The van der Waals surface area contributed by atoms with Crippen LogP contribution in [0.2, 0.25) is 0 Å². The van der Waals surface area contributed by atoms with E-state index < -0.39 is 0 Å². The van der Waals surface area contributed by atoms with Crippen molar-refractivity contribution in [1.29, 1.82) is 0 Å². The number of nitrogens with one attached hydrogen (secondary N) is 2. The van der Waals surface area contributed by atoms with Crippen molar-refractivity contribution in [2.24, 2.45) is 0 Å². The average molecular weight is 216 g/mol. The molecule has 0 aromatic carbocycles. The van der Waals surface area contributed by atoms with Crippen molar-refractivity contribution in [2.75, 3.05) is 5.32 Å². The Bertz CT molecular complexity index is 438. The lowest BCUT2D eigenvalue weighted by Crippen LogP contribution is -2.22. The molecule has 2 aromatic heterocycles. The van der Waals surface area contributed by atoms with Gasteiger partial charge in [0, 0.05) is 12.2 Å². The number of hydrogen-bond donors (Lipinski definition) is 2. The highest BCUT2D eigenvalue weighted by Gasteiger charge is 2.14. The minimum absolute atomic E-state index is 0.578. The van der Waals surface area contributed by atoms with Crippen molar-refractivity contribution in [3.05, 3.63) is 18.3 Å². The number of hydrogen-bond acceptors (Lipinski definition) is 3. The van der Waals surface area contributed by atoms with Gasteiger partial charge in [-0.2, -0.15) is 4.98 Å². The molecule has 1 aliphatic rings. The van der Waals surface area contributed by atoms with E-state index in [9.17, 15) is 0 Å². The molecular weight excluding hydrogens is 200 g/mol. The fourth-order valence-corrected chi connectivity index (χ4v) is 2.35. The summed E-state index contributed by atoms with van der Waals surface area (Å²) >= 11 is 0. The van der Waals surface area contributed by atoms with E-state index in [4.69, 9.17) is 0 Å². The SMILES string of the molecule is c1cnc2nc(NC3CCCCC3)[nH]c2c1. The van der Waals surface area contributed by atoms with Crippen LogP contribution in [0.4, 0.5) is 5.95 Å². The number of imidazole rings is 1. The molecule has 2 N–H and O–H groups in total. The zero-order chi connectivity index (χ0) is 10.8. The Morgan fingerprint density at radius 2 is 2.12 bits per heavy atom. The van der Waals surface area contributed by atoms with Crippen molar-refractivity contribution in [1.82, 2.24) is 15.0 Å². The van der Waals surface area contributed by atoms with Gasteiger partial charge in [0.1, 0.15) is 0 Å². The van der Waals surface area contributed by atoms with Crippen LogP contribution >= 0.6 is 0 Å². The summed E-state index contributed by atoms with van der Waals surface area (Å²) in [6.45, 7) is 0. The summed E-state index contributed by atoms with van der Waals surface area (Å²) in [4.78, 5) is 11.9. The molecule has 0 saturated heterocycles. The van der Waals surface area contributed by atoms with Crippen molar-refractivity contribution in [2.45, 2.75) is 38.1 Å². The van der Waals surface area contributed by atoms with Crippen LogP contribution in [0.3, 0.4) is 0 Å². The van der Waals surface area contributed by atoms with Gasteiger partial charge in [0.15, 0.2) is 5.65 Å². The Morgan fingerprint density at radius 1 is 1.25 bits per heavy atom. The first-order chi connectivity index (χ1) is 7.92. The molecule has 16 heavy (non-hydrogen) atoms. The molecule has 4 nitrogen and oxygen atoms in total. The van der Waals surface area contributed by atoms with Gasteiger partial charge in [-0.25, -0.2) is 4.98 Å². The second kappa shape index (κ2) is 4.12. The summed E-state index contributed by atoms with van der Waals surface area (Å²) in [7, 11) is 0. The number of fused-ring (bicyclic) bond motifs is 1. The number of H-pyrrole nitrogens is 1. The van der Waals surface area contributed by atoms with Crippen LogP contribution in [-0.2, 0) is 0 Å². The van der Waals surface area contributed by atoms with Crippen molar-refractivity contribution >= 4 is 17.1 Å². The van der Waals surface area contributed by atoms with E-state index in [2.05, 4.69) is 20.3 Å². The number of nitrogens with zero attached hydrogens (tertiary/aromatic N) is 2. The Kier molecular flexibility index (Phi) is 2.48. The largest absolute Gasteiger partial charge is 0.353 e. The highest BCUT2D eigenvalue weighted by Crippen LogP contribution is 2.21. The zero-order valence-corrected chi connectivity index (χ0v) is 9.24. The Morgan fingerprint density at radius 3 is 2.94 bits per heavy atom. The van der Waals surface area contributed by atoms with Crippen LogP contribution in [-0.4, -0.2) is 21.0 Å². The molecule has 4 heteroatoms. The summed E-state index contributed by atoms with van der Waals surface area (Å²) < 4.78 is 0. The standard InChI is InChI=1S/C12H16N4/c1-2-5-9(6-3-1)14-12-15-10-7-4-8-13-11(10)16-12/h4,7-9H,1-3,5-6H2,(H2,13,14,15,16). The summed E-state index contributed by atoms with van der Waals surface area (Å²) in [6, 6.07) is 4.50. The molecule has 2 heterocycles.